The monoisotopic (exact) mass is 352 g/mol. The summed E-state index contributed by atoms with van der Waals surface area (Å²) >= 11 is 0. The van der Waals surface area contributed by atoms with E-state index in [4.69, 9.17) is 0 Å². The van der Waals surface area contributed by atoms with Crippen molar-refractivity contribution in [3.05, 3.63) is 96.2 Å². The Kier molecular flexibility index (Phi) is 4.66. The zero-order valence-electron chi connectivity index (χ0n) is 14.4. The van der Waals surface area contributed by atoms with E-state index in [2.05, 4.69) is 20.5 Å². The Hall–Kier alpha value is -3.86. The molecular formula is C22H16N4O. The van der Waals surface area contributed by atoms with E-state index in [1.54, 1.807) is 6.21 Å². The van der Waals surface area contributed by atoms with Crippen LogP contribution in [0.1, 0.15) is 16.1 Å². The van der Waals surface area contributed by atoms with E-state index < -0.39 is 5.91 Å². The minimum Gasteiger partial charge on any atom is -0.265 e. The molecule has 4 aromatic rings. The third-order valence-electron chi connectivity index (χ3n) is 4.01. The Morgan fingerprint density at radius 3 is 2.07 bits per heavy atom. The highest BCUT2D eigenvalue weighted by atomic mass is 16.2. The van der Waals surface area contributed by atoms with Crippen molar-refractivity contribution in [1.29, 1.82) is 0 Å². The second kappa shape index (κ2) is 7.58. The summed E-state index contributed by atoms with van der Waals surface area (Å²) in [4.78, 5) is 21.9. The first kappa shape index (κ1) is 16.6. The molecule has 1 N–H and O–H groups in total. The molecule has 4 rings (SSSR count). The van der Waals surface area contributed by atoms with Crippen molar-refractivity contribution in [3.8, 4) is 11.3 Å². The van der Waals surface area contributed by atoms with Crippen LogP contribution in [0.15, 0.2) is 90.0 Å². The second-order valence-electron chi connectivity index (χ2n) is 5.89. The van der Waals surface area contributed by atoms with Gasteiger partial charge < -0.3 is 0 Å². The van der Waals surface area contributed by atoms with E-state index in [1.807, 2.05) is 84.9 Å². The van der Waals surface area contributed by atoms with Crippen LogP contribution in [0.25, 0.3) is 22.3 Å². The predicted octanol–water partition coefficient (Wildman–Crippen LogP) is 4.06. The van der Waals surface area contributed by atoms with Crippen LogP contribution < -0.4 is 5.43 Å². The lowest BCUT2D eigenvalue weighted by molar-refractivity contribution is 0.0951. The number of amides is 1. The van der Waals surface area contributed by atoms with Crippen LogP contribution in [0.4, 0.5) is 0 Å². The van der Waals surface area contributed by atoms with Gasteiger partial charge in [0.1, 0.15) is 5.69 Å². The summed E-state index contributed by atoms with van der Waals surface area (Å²) in [5, 5.41) is 4.04. The van der Waals surface area contributed by atoms with Crippen LogP contribution in [-0.4, -0.2) is 22.1 Å². The largest absolute Gasteiger partial charge is 0.292 e. The molecule has 130 valence electrons. The van der Waals surface area contributed by atoms with E-state index in [0.717, 1.165) is 16.6 Å². The molecule has 5 nitrogen and oxygen atoms in total. The van der Waals surface area contributed by atoms with Gasteiger partial charge in [0.25, 0.3) is 5.91 Å². The Morgan fingerprint density at radius 1 is 0.778 bits per heavy atom. The van der Waals surface area contributed by atoms with Crippen molar-refractivity contribution >= 4 is 23.2 Å². The van der Waals surface area contributed by atoms with Crippen molar-refractivity contribution in [3.63, 3.8) is 0 Å². The van der Waals surface area contributed by atoms with Crippen LogP contribution >= 0.6 is 0 Å². The van der Waals surface area contributed by atoms with Gasteiger partial charge >= 0.3 is 0 Å². The number of hydrogen-bond acceptors (Lipinski definition) is 4. The second-order valence-corrected chi connectivity index (χ2v) is 5.89. The minimum absolute atomic E-state index is 0.241. The van der Waals surface area contributed by atoms with Gasteiger partial charge in [-0.3, -0.25) is 4.79 Å². The van der Waals surface area contributed by atoms with Gasteiger partial charge in [-0.25, -0.2) is 15.4 Å². The third kappa shape index (κ3) is 3.72. The maximum atomic E-state index is 12.7. The van der Waals surface area contributed by atoms with Gasteiger partial charge in [-0.1, -0.05) is 72.8 Å². The molecule has 0 aliphatic heterocycles. The number of hydrazone groups is 1. The van der Waals surface area contributed by atoms with Crippen LogP contribution in [0.2, 0.25) is 0 Å². The number of fused-ring (bicyclic) bond motifs is 1. The van der Waals surface area contributed by atoms with Crippen molar-refractivity contribution in [2.45, 2.75) is 0 Å². The SMILES string of the molecule is O=C(N/N=C/c1ccccc1)c1nc2ccccc2nc1-c1ccccc1. The Bertz CT molecular complexity index is 1110. The molecule has 1 heterocycles. The van der Waals surface area contributed by atoms with Crippen molar-refractivity contribution in [2.24, 2.45) is 5.10 Å². The molecule has 0 fully saturated rings. The van der Waals surface area contributed by atoms with Gasteiger partial charge in [0.15, 0.2) is 5.69 Å². The molecule has 0 saturated carbocycles. The molecule has 0 aliphatic carbocycles. The summed E-state index contributed by atoms with van der Waals surface area (Å²) in [6.07, 6.45) is 1.59. The van der Waals surface area contributed by atoms with Crippen molar-refractivity contribution in [1.82, 2.24) is 15.4 Å². The van der Waals surface area contributed by atoms with Crippen LogP contribution in [0, 0.1) is 0 Å². The van der Waals surface area contributed by atoms with Gasteiger partial charge in [0, 0.05) is 5.56 Å². The van der Waals surface area contributed by atoms with E-state index in [-0.39, 0.29) is 5.69 Å². The molecule has 0 saturated heterocycles. The Morgan fingerprint density at radius 2 is 1.37 bits per heavy atom. The fraction of sp³-hybridized carbons (Fsp3) is 0. The highest BCUT2D eigenvalue weighted by Gasteiger charge is 2.17. The summed E-state index contributed by atoms with van der Waals surface area (Å²) in [7, 11) is 0. The Labute approximate surface area is 156 Å². The average Bonchev–Trinajstić information content (AvgIpc) is 2.74. The molecule has 0 aliphatic rings. The lowest BCUT2D eigenvalue weighted by atomic mass is 10.1. The fourth-order valence-electron chi connectivity index (χ4n) is 2.71. The number of para-hydroxylation sites is 2. The molecule has 0 atom stereocenters. The summed E-state index contributed by atoms with van der Waals surface area (Å²) in [5.74, 6) is -0.403. The number of nitrogens with one attached hydrogen (secondary N) is 1. The first-order valence-electron chi connectivity index (χ1n) is 8.52. The maximum Gasteiger partial charge on any atom is 0.292 e. The highest BCUT2D eigenvalue weighted by Crippen LogP contribution is 2.23. The summed E-state index contributed by atoms with van der Waals surface area (Å²) in [6, 6.07) is 26.6. The van der Waals surface area contributed by atoms with Gasteiger partial charge in [-0.15, -0.1) is 0 Å². The quantitative estimate of drug-likeness (QED) is 0.445. The molecule has 1 amide bonds. The number of carbonyl (C=O) groups excluding carboxylic acids is 1. The summed E-state index contributed by atoms with van der Waals surface area (Å²) in [5.41, 5.74) is 6.44. The Balaban J connectivity index is 1.71. The number of carbonyl (C=O) groups is 1. The van der Waals surface area contributed by atoms with Gasteiger partial charge in [-0.2, -0.15) is 5.10 Å². The predicted molar refractivity (Wildman–Crippen MR) is 106 cm³/mol. The van der Waals surface area contributed by atoms with Crippen molar-refractivity contribution in [2.75, 3.05) is 0 Å². The number of hydrogen-bond donors (Lipinski definition) is 1. The average molecular weight is 352 g/mol. The first-order chi connectivity index (χ1) is 13.3. The lowest BCUT2D eigenvalue weighted by Crippen LogP contribution is -2.20. The molecular weight excluding hydrogens is 336 g/mol. The van der Waals surface area contributed by atoms with Gasteiger partial charge in [0.05, 0.1) is 17.2 Å². The third-order valence-corrected chi connectivity index (χ3v) is 4.01. The van der Waals surface area contributed by atoms with E-state index in [9.17, 15) is 4.79 Å². The number of benzene rings is 3. The topological polar surface area (TPSA) is 67.2 Å². The number of nitrogens with zero attached hydrogens (tertiary/aromatic N) is 3. The molecule has 27 heavy (non-hydrogen) atoms. The van der Waals surface area contributed by atoms with Gasteiger partial charge in [-0.05, 0) is 17.7 Å². The molecule has 0 unspecified atom stereocenters. The molecule has 3 aromatic carbocycles. The maximum absolute atomic E-state index is 12.7. The molecule has 5 heteroatoms. The summed E-state index contributed by atoms with van der Waals surface area (Å²) in [6.45, 7) is 0. The lowest BCUT2D eigenvalue weighted by Gasteiger charge is -2.09. The highest BCUT2D eigenvalue weighted by molar-refractivity contribution is 6.00. The van der Waals surface area contributed by atoms with E-state index >= 15 is 0 Å². The standard InChI is InChI=1S/C22H16N4O/c27-22(26-23-15-16-9-3-1-4-10-16)21-20(17-11-5-2-6-12-17)24-18-13-7-8-14-19(18)25-21/h1-15H,(H,26,27)/b23-15+. The first-order valence-corrected chi connectivity index (χ1v) is 8.52. The van der Waals surface area contributed by atoms with Crippen LogP contribution in [0.5, 0.6) is 0 Å². The zero-order valence-corrected chi connectivity index (χ0v) is 14.4. The summed E-state index contributed by atoms with van der Waals surface area (Å²) < 4.78 is 0. The van der Waals surface area contributed by atoms with Crippen LogP contribution in [0.3, 0.4) is 0 Å². The normalized spacial score (nSPS) is 11.0. The van der Waals surface area contributed by atoms with Crippen molar-refractivity contribution < 1.29 is 4.79 Å². The minimum atomic E-state index is -0.403. The number of aromatic nitrogens is 2. The smallest absolute Gasteiger partial charge is 0.265 e. The van der Waals surface area contributed by atoms with E-state index in [1.165, 1.54) is 0 Å². The fourth-order valence-corrected chi connectivity index (χ4v) is 2.71. The number of rotatable bonds is 4. The molecule has 0 spiro atoms. The zero-order chi connectivity index (χ0) is 18.5. The molecule has 0 bridgehead atoms. The molecule has 1 aromatic heterocycles. The van der Waals surface area contributed by atoms with Gasteiger partial charge in [0.2, 0.25) is 0 Å². The van der Waals surface area contributed by atoms with E-state index in [0.29, 0.717) is 11.2 Å². The van der Waals surface area contributed by atoms with Crippen LogP contribution in [-0.2, 0) is 0 Å². The molecule has 0 radical (unpaired) electrons.